The van der Waals surface area contributed by atoms with E-state index in [4.69, 9.17) is 0 Å². The van der Waals surface area contributed by atoms with Crippen molar-refractivity contribution in [2.75, 3.05) is 57.8 Å². The summed E-state index contributed by atoms with van der Waals surface area (Å²) in [5.74, 6) is 2.08. The topological polar surface area (TPSA) is 39.9 Å². The summed E-state index contributed by atoms with van der Waals surface area (Å²) in [6.07, 6.45) is 5.52. The summed E-state index contributed by atoms with van der Waals surface area (Å²) in [7, 11) is 2.24. The molecule has 0 saturated carbocycles. The lowest BCUT2D eigenvalue weighted by Gasteiger charge is -2.39. The van der Waals surface area contributed by atoms with Crippen LogP contribution in [0, 0.1) is 5.92 Å². The fraction of sp³-hybridized carbons (Fsp3) is 0.684. The summed E-state index contributed by atoms with van der Waals surface area (Å²) in [4.78, 5) is 12.3. The minimum absolute atomic E-state index is 0.883. The molecule has 0 unspecified atom stereocenters. The van der Waals surface area contributed by atoms with Crippen LogP contribution >= 0.6 is 0 Å². The molecule has 0 aromatic carbocycles. The van der Waals surface area contributed by atoms with Gasteiger partial charge in [-0.1, -0.05) is 6.92 Å². The Morgan fingerprint density at radius 2 is 1.84 bits per heavy atom. The van der Waals surface area contributed by atoms with Crippen molar-refractivity contribution in [1.29, 1.82) is 0 Å². The molecule has 0 N–H and O–H groups in total. The number of rotatable bonds is 4. The predicted molar refractivity (Wildman–Crippen MR) is 101 cm³/mol. The van der Waals surface area contributed by atoms with Gasteiger partial charge < -0.3 is 9.80 Å². The third-order valence-corrected chi connectivity index (χ3v) is 5.81. The van der Waals surface area contributed by atoms with E-state index in [2.05, 4.69) is 44.8 Å². The SMILES string of the molecule is CCc1cc(N2CCN(CC3CCN(C)CC3)CC2)n2nccc2n1. The molecule has 0 spiro atoms. The van der Waals surface area contributed by atoms with Gasteiger partial charge in [0.25, 0.3) is 0 Å². The Morgan fingerprint density at radius 1 is 1.08 bits per heavy atom. The van der Waals surface area contributed by atoms with Crippen LogP contribution in [0.3, 0.4) is 0 Å². The van der Waals surface area contributed by atoms with E-state index in [0.29, 0.717) is 0 Å². The molecule has 2 fully saturated rings. The maximum atomic E-state index is 4.67. The van der Waals surface area contributed by atoms with Crippen molar-refractivity contribution in [3.8, 4) is 0 Å². The summed E-state index contributed by atoms with van der Waals surface area (Å²) in [6.45, 7) is 10.4. The van der Waals surface area contributed by atoms with Gasteiger partial charge in [-0.25, -0.2) is 4.98 Å². The van der Waals surface area contributed by atoms with Gasteiger partial charge in [-0.2, -0.15) is 9.61 Å². The molecule has 2 saturated heterocycles. The number of nitrogens with zero attached hydrogens (tertiary/aromatic N) is 6. The number of likely N-dealkylation sites (tertiary alicyclic amines) is 1. The maximum Gasteiger partial charge on any atom is 0.157 e. The van der Waals surface area contributed by atoms with Gasteiger partial charge in [-0.3, -0.25) is 4.90 Å². The highest BCUT2D eigenvalue weighted by Gasteiger charge is 2.24. The molecular weight excluding hydrogens is 312 g/mol. The molecular formula is C19H30N6. The van der Waals surface area contributed by atoms with E-state index in [0.717, 1.165) is 49.9 Å². The number of aromatic nitrogens is 3. The van der Waals surface area contributed by atoms with Crippen LogP contribution in [0.25, 0.3) is 5.65 Å². The highest BCUT2D eigenvalue weighted by Crippen LogP contribution is 2.21. The zero-order chi connectivity index (χ0) is 17.2. The zero-order valence-corrected chi connectivity index (χ0v) is 15.6. The van der Waals surface area contributed by atoms with Gasteiger partial charge in [0, 0.05) is 50.6 Å². The van der Waals surface area contributed by atoms with Gasteiger partial charge in [0.2, 0.25) is 0 Å². The number of hydrogen-bond acceptors (Lipinski definition) is 5. The van der Waals surface area contributed by atoms with Crippen molar-refractivity contribution in [2.24, 2.45) is 5.92 Å². The number of piperazine rings is 1. The van der Waals surface area contributed by atoms with Crippen LogP contribution < -0.4 is 4.90 Å². The van der Waals surface area contributed by atoms with Crippen molar-refractivity contribution >= 4 is 11.5 Å². The third-order valence-electron chi connectivity index (χ3n) is 5.81. The molecule has 4 heterocycles. The third kappa shape index (κ3) is 3.65. The predicted octanol–water partition coefficient (Wildman–Crippen LogP) is 1.76. The fourth-order valence-electron chi connectivity index (χ4n) is 4.12. The molecule has 2 aliphatic heterocycles. The van der Waals surface area contributed by atoms with E-state index in [9.17, 15) is 0 Å². The summed E-state index contributed by atoms with van der Waals surface area (Å²) in [6, 6.07) is 4.21. The zero-order valence-electron chi connectivity index (χ0n) is 15.6. The second-order valence-electron chi connectivity index (χ2n) is 7.59. The van der Waals surface area contributed by atoms with Crippen molar-refractivity contribution in [3.63, 3.8) is 0 Å². The Morgan fingerprint density at radius 3 is 2.56 bits per heavy atom. The van der Waals surface area contributed by atoms with Crippen molar-refractivity contribution in [1.82, 2.24) is 24.4 Å². The molecule has 0 aliphatic carbocycles. The molecule has 2 aromatic rings. The van der Waals surface area contributed by atoms with Crippen molar-refractivity contribution in [3.05, 3.63) is 24.0 Å². The van der Waals surface area contributed by atoms with E-state index in [1.54, 1.807) is 0 Å². The summed E-state index contributed by atoms with van der Waals surface area (Å²) >= 11 is 0. The van der Waals surface area contributed by atoms with Gasteiger partial charge in [0.05, 0.1) is 6.20 Å². The smallest absolute Gasteiger partial charge is 0.157 e. The summed E-state index contributed by atoms with van der Waals surface area (Å²) in [5.41, 5.74) is 2.11. The van der Waals surface area contributed by atoms with Crippen LogP contribution in [0.2, 0.25) is 0 Å². The molecule has 0 amide bonds. The average Bonchev–Trinajstić information content (AvgIpc) is 3.12. The quantitative estimate of drug-likeness (QED) is 0.847. The van der Waals surface area contributed by atoms with E-state index < -0.39 is 0 Å². The first-order chi connectivity index (χ1) is 12.2. The monoisotopic (exact) mass is 342 g/mol. The highest BCUT2D eigenvalue weighted by molar-refractivity contribution is 5.51. The van der Waals surface area contributed by atoms with Crippen molar-refractivity contribution in [2.45, 2.75) is 26.2 Å². The second-order valence-corrected chi connectivity index (χ2v) is 7.59. The van der Waals surface area contributed by atoms with E-state index in [1.165, 1.54) is 38.3 Å². The standard InChI is InChI=1S/C19H30N6/c1-3-17-14-19(25-18(21-17)4-7-20-25)24-12-10-23(11-13-24)15-16-5-8-22(2)9-6-16/h4,7,14,16H,3,5-6,8-13,15H2,1-2H3. The summed E-state index contributed by atoms with van der Waals surface area (Å²) in [5, 5.41) is 4.48. The van der Waals surface area contributed by atoms with Crippen LogP contribution in [-0.2, 0) is 6.42 Å². The lowest BCUT2D eigenvalue weighted by Crippen LogP contribution is -2.49. The Labute approximate surface area is 150 Å². The van der Waals surface area contributed by atoms with E-state index >= 15 is 0 Å². The maximum absolute atomic E-state index is 4.67. The first-order valence-electron chi connectivity index (χ1n) is 9.72. The van der Waals surface area contributed by atoms with Crippen LogP contribution in [0.1, 0.15) is 25.5 Å². The normalized spacial score (nSPS) is 21.3. The van der Waals surface area contributed by atoms with Crippen molar-refractivity contribution < 1.29 is 0 Å². The Kier molecular flexibility index (Phi) is 4.90. The number of piperidine rings is 1. The molecule has 0 atom stereocenters. The van der Waals surface area contributed by atoms with E-state index in [1.807, 2.05) is 16.8 Å². The fourth-order valence-corrected chi connectivity index (χ4v) is 4.12. The first-order valence-corrected chi connectivity index (χ1v) is 9.72. The van der Waals surface area contributed by atoms with Gasteiger partial charge in [-0.05, 0) is 45.3 Å². The lowest BCUT2D eigenvalue weighted by molar-refractivity contribution is 0.155. The van der Waals surface area contributed by atoms with Gasteiger partial charge in [-0.15, -0.1) is 0 Å². The number of hydrogen-bond donors (Lipinski definition) is 0. The Bertz CT molecular complexity index is 695. The van der Waals surface area contributed by atoms with Crippen LogP contribution in [-0.4, -0.2) is 77.3 Å². The average molecular weight is 342 g/mol. The minimum Gasteiger partial charge on any atom is -0.354 e. The first kappa shape index (κ1) is 16.8. The molecule has 0 radical (unpaired) electrons. The van der Waals surface area contributed by atoms with Gasteiger partial charge >= 0.3 is 0 Å². The Balaban J connectivity index is 1.39. The molecule has 2 aliphatic rings. The largest absolute Gasteiger partial charge is 0.354 e. The minimum atomic E-state index is 0.883. The lowest BCUT2D eigenvalue weighted by atomic mass is 9.96. The number of fused-ring (bicyclic) bond motifs is 1. The molecule has 6 nitrogen and oxygen atoms in total. The molecule has 0 bridgehead atoms. The van der Waals surface area contributed by atoms with Crippen LogP contribution in [0.4, 0.5) is 5.82 Å². The van der Waals surface area contributed by atoms with Gasteiger partial charge in [0.1, 0.15) is 5.82 Å². The highest BCUT2D eigenvalue weighted by atomic mass is 15.4. The molecule has 136 valence electrons. The Hall–Kier alpha value is -1.66. The van der Waals surface area contributed by atoms with Crippen LogP contribution in [0.5, 0.6) is 0 Å². The van der Waals surface area contributed by atoms with E-state index in [-0.39, 0.29) is 0 Å². The second kappa shape index (κ2) is 7.30. The van der Waals surface area contributed by atoms with Gasteiger partial charge in [0.15, 0.2) is 5.65 Å². The number of aryl methyl sites for hydroxylation is 1. The van der Waals surface area contributed by atoms with Crippen LogP contribution in [0.15, 0.2) is 18.3 Å². The number of anilines is 1. The molecule has 4 rings (SSSR count). The molecule has 2 aromatic heterocycles. The molecule has 25 heavy (non-hydrogen) atoms. The summed E-state index contributed by atoms with van der Waals surface area (Å²) < 4.78 is 1.99. The molecule has 6 heteroatoms.